The molecule has 1 aliphatic carbocycles. The van der Waals surface area contributed by atoms with Crippen LogP contribution >= 0.6 is 0 Å². The Bertz CT molecular complexity index is 834. The maximum atomic E-state index is 12.7. The van der Waals surface area contributed by atoms with Gasteiger partial charge in [0.1, 0.15) is 5.54 Å². The number of nitrogens with one attached hydrogen (secondary N) is 2. The summed E-state index contributed by atoms with van der Waals surface area (Å²) in [5.41, 5.74) is -0.606. The number of carboxylic acid groups (broad SMARTS) is 1. The Hall–Kier alpha value is -2.90. The number of nitrogens with zero attached hydrogens (tertiary/aromatic N) is 1. The minimum atomic E-state index is -1.28. The van der Waals surface area contributed by atoms with Crippen LogP contribution in [0.25, 0.3) is 10.9 Å². The van der Waals surface area contributed by atoms with Gasteiger partial charge < -0.3 is 15.4 Å². The summed E-state index contributed by atoms with van der Waals surface area (Å²) in [5.74, 6) is -1.57. The highest BCUT2D eigenvalue weighted by Gasteiger charge is 2.40. The maximum absolute atomic E-state index is 12.7. The van der Waals surface area contributed by atoms with Crippen LogP contribution in [0.15, 0.2) is 24.4 Å². The Morgan fingerprint density at radius 1 is 1.20 bits per heavy atom. The van der Waals surface area contributed by atoms with Gasteiger partial charge in [-0.25, -0.2) is 4.79 Å². The van der Waals surface area contributed by atoms with E-state index in [1.54, 1.807) is 0 Å². The van der Waals surface area contributed by atoms with Crippen molar-refractivity contribution in [1.29, 1.82) is 0 Å². The van der Waals surface area contributed by atoms with Gasteiger partial charge in [-0.05, 0) is 18.9 Å². The summed E-state index contributed by atoms with van der Waals surface area (Å²) >= 11 is 0. The van der Waals surface area contributed by atoms with E-state index in [-0.39, 0.29) is 11.3 Å². The number of aromatic amines is 1. The van der Waals surface area contributed by atoms with Crippen molar-refractivity contribution in [3.63, 3.8) is 0 Å². The molecule has 2 aromatic rings. The van der Waals surface area contributed by atoms with E-state index in [2.05, 4.69) is 10.3 Å². The Labute approximate surface area is 143 Å². The van der Waals surface area contributed by atoms with Crippen molar-refractivity contribution in [2.24, 2.45) is 0 Å². The van der Waals surface area contributed by atoms with Gasteiger partial charge in [0.25, 0.3) is 11.6 Å². The van der Waals surface area contributed by atoms with Crippen molar-refractivity contribution in [3.05, 3.63) is 40.1 Å². The molecule has 0 spiro atoms. The summed E-state index contributed by atoms with van der Waals surface area (Å²) in [5, 5.41) is 23.7. The lowest BCUT2D eigenvalue weighted by atomic mass is 9.90. The fourth-order valence-corrected chi connectivity index (χ4v) is 3.42. The summed E-state index contributed by atoms with van der Waals surface area (Å²) in [6.45, 7) is 0. The predicted octanol–water partition coefficient (Wildman–Crippen LogP) is 2.98. The zero-order chi connectivity index (χ0) is 18.0. The molecule has 0 atom stereocenters. The van der Waals surface area contributed by atoms with E-state index in [0.717, 1.165) is 25.7 Å². The first-order valence-electron chi connectivity index (χ1n) is 8.24. The molecule has 1 saturated carbocycles. The zero-order valence-electron chi connectivity index (χ0n) is 13.6. The van der Waals surface area contributed by atoms with Gasteiger partial charge in [0.2, 0.25) is 0 Å². The number of hydrogen-bond donors (Lipinski definition) is 3. The highest BCUT2D eigenvalue weighted by molar-refractivity contribution is 6.08. The average molecular weight is 345 g/mol. The normalized spacial score (nSPS) is 17.0. The number of carboxylic acids is 1. The topological polar surface area (TPSA) is 125 Å². The molecule has 0 saturated heterocycles. The van der Waals surface area contributed by atoms with E-state index in [9.17, 15) is 24.8 Å². The number of aliphatic carboxylic acids is 1. The first-order chi connectivity index (χ1) is 11.9. The van der Waals surface area contributed by atoms with Crippen LogP contribution in [-0.2, 0) is 4.79 Å². The van der Waals surface area contributed by atoms with Crippen LogP contribution in [0, 0.1) is 10.1 Å². The molecule has 0 unspecified atom stereocenters. The van der Waals surface area contributed by atoms with E-state index in [1.807, 2.05) is 0 Å². The summed E-state index contributed by atoms with van der Waals surface area (Å²) in [6, 6.07) is 4.20. The van der Waals surface area contributed by atoms with Crippen LogP contribution in [0.1, 0.15) is 48.9 Å². The Kier molecular flexibility index (Phi) is 4.43. The number of carbonyl (C=O) groups is 2. The second kappa shape index (κ2) is 6.54. The number of non-ortho nitro benzene ring substituents is 1. The highest BCUT2D eigenvalue weighted by atomic mass is 16.6. The number of rotatable bonds is 4. The predicted molar refractivity (Wildman–Crippen MR) is 90.5 cm³/mol. The van der Waals surface area contributed by atoms with Crippen LogP contribution in [0.2, 0.25) is 0 Å². The van der Waals surface area contributed by atoms with E-state index in [1.165, 1.54) is 24.4 Å². The lowest BCUT2D eigenvalue weighted by Crippen LogP contribution is -2.54. The van der Waals surface area contributed by atoms with Crippen LogP contribution in [0.4, 0.5) is 5.69 Å². The van der Waals surface area contributed by atoms with Crippen LogP contribution < -0.4 is 5.32 Å². The number of hydrogen-bond acceptors (Lipinski definition) is 4. The van der Waals surface area contributed by atoms with Gasteiger partial charge in [-0.15, -0.1) is 0 Å². The van der Waals surface area contributed by atoms with Gasteiger partial charge >= 0.3 is 5.97 Å². The molecule has 25 heavy (non-hydrogen) atoms. The molecule has 8 heteroatoms. The molecular weight excluding hydrogens is 326 g/mol. The minimum Gasteiger partial charge on any atom is -0.480 e. The van der Waals surface area contributed by atoms with Gasteiger partial charge in [-0.1, -0.05) is 25.7 Å². The zero-order valence-corrected chi connectivity index (χ0v) is 13.6. The number of aromatic nitrogens is 1. The van der Waals surface area contributed by atoms with Crippen molar-refractivity contribution < 1.29 is 19.6 Å². The monoisotopic (exact) mass is 345 g/mol. The average Bonchev–Trinajstić information content (AvgIpc) is 2.85. The van der Waals surface area contributed by atoms with Crippen molar-refractivity contribution in [2.45, 2.75) is 44.1 Å². The van der Waals surface area contributed by atoms with E-state index < -0.39 is 22.3 Å². The molecular formula is C17H19N3O5. The van der Waals surface area contributed by atoms with Gasteiger partial charge in [-0.2, -0.15) is 0 Å². The highest BCUT2D eigenvalue weighted by Crippen LogP contribution is 2.29. The van der Waals surface area contributed by atoms with Gasteiger partial charge in [-0.3, -0.25) is 14.9 Å². The van der Waals surface area contributed by atoms with Crippen molar-refractivity contribution in [2.75, 3.05) is 0 Å². The number of carbonyl (C=O) groups excluding carboxylic acids is 1. The second-order valence-electron chi connectivity index (χ2n) is 6.44. The van der Waals surface area contributed by atoms with Gasteiger partial charge in [0.15, 0.2) is 0 Å². The minimum absolute atomic E-state index is 0.122. The summed E-state index contributed by atoms with van der Waals surface area (Å²) in [4.78, 5) is 37.9. The molecule has 0 aliphatic heterocycles. The Morgan fingerprint density at radius 2 is 1.88 bits per heavy atom. The molecule has 1 heterocycles. The van der Waals surface area contributed by atoms with Crippen LogP contribution in [0.3, 0.4) is 0 Å². The molecule has 8 nitrogen and oxygen atoms in total. The largest absolute Gasteiger partial charge is 0.480 e. The molecule has 3 rings (SSSR count). The SMILES string of the molecule is O=C(NC1(C(=O)O)CCCCCC1)c1c[nH]c2ccc([N+](=O)[O-])cc12. The first kappa shape index (κ1) is 16.9. The molecule has 1 aromatic carbocycles. The summed E-state index contributed by atoms with van der Waals surface area (Å²) in [7, 11) is 0. The lowest BCUT2D eigenvalue weighted by molar-refractivity contribution is -0.384. The number of fused-ring (bicyclic) bond motifs is 1. The third-order valence-electron chi connectivity index (χ3n) is 4.84. The number of H-pyrrole nitrogens is 1. The summed E-state index contributed by atoms with van der Waals surface area (Å²) in [6.07, 6.45) is 5.61. The number of benzene rings is 1. The fraction of sp³-hybridized carbons (Fsp3) is 0.412. The van der Waals surface area contributed by atoms with Crippen molar-refractivity contribution >= 4 is 28.5 Å². The molecule has 1 fully saturated rings. The van der Waals surface area contributed by atoms with Crippen LogP contribution in [-0.4, -0.2) is 32.4 Å². The summed E-state index contributed by atoms with van der Waals surface area (Å²) < 4.78 is 0. The maximum Gasteiger partial charge on any atom is 0.329 e. The van der Waals surface area contributed by atoms with Crippen LogP contribution in [0.5, 0.6) is 0 Å². The lowest BCUT2D eigenvalue weighted by Gasteiger charge is -2.29. The third-order valence-corrected chi connectivity index (χ3v) is 4.84. The molecule has 1 aromatic heterocycles. The van der Waals surface area contributed by atoms with Crippen molar-refractivity contribution in [3.8, 4) is 0 Å². The first-order valence-corrected chi connectivity index (χ1v) is 8.24. The van der Waals surface area contributed by atoms with E-state index >= 15 is 0 Å². The van der Waals surface area contributed by atoms with Gasteiger partial charge in [0.05, 0.1) is 10.5 Å². The molecule has 1 amide bonds. The fourth-order valence-electron chi connectivity index (χ4n) is 3.42. The van der Waals surface area contributed by atoms with Gasteiger partial charge in [0, 0.05) is 29.2 Å². The number of amides is 1. The molecule has 0 radical (unpaired) electrons. The molecule has 1 aliphatic rings. The molecule has 0 bridgehead atoms. The third kappa shape index (κ3) is 3.19. The van der Waals surface area contributed by atoms with E-state index in [0.29, 0.717) is 23.7 Å². The van der Waals surface area contributed by atoms with E-state index in [4.69, 9.17) is 0 Å². The second-order valence-corrected chi connectivity index (χ2v) is 6.44. The molecule has 3 N–H and O–H groups in total. The van der Waals surface area contributed by atoms with Crippen molar-refractivity contribution in [1.82, 2.24) is 10.3 Å². The number of nitro groups is 1. The Balaban J connectivity index is 1.94. The quantitative estimate of drug-likeness (QED) is 0.446. The molecule has 132 valence electrons. The number of nitro benzene ring substituents is 1. The standard InChI is InChI=1S/C17H19N3O5/c21-15(19-17(16(22)23)7-3-1-2-4-8-17)13-10-18-14-6-5-11(20(24)25)9-12(13)14/h5-6,9-10,18H,1-4,7-8H2,(H,19,21)(H,22,23). The Morgan fingerprint density at radius 3 is 2.48 bits per heavy atom. The smallest absolute Gasteiger partial charge is 0.329 e.